The Morgan fingerprint density at radius 1 is 0.625 bits per heavy atom. The van der Waals surface area contributed by atoms with Crippen LogP contribution in [0, 0.1) is 3.57 Å². The number of fused-ring (bicyclic) bond motifs is 8. The molecule has 48 heavy (non-hydrogen) atoms. The van der Waals surface area contributed by atoms with Crippen molar-refractivity contribution in [2.75, 3.05) is 0 Å². The molecule has 0 amide bonds. The summed E-state index contributed by atoms with van der Waals surface area (Å²) in [5.74, 6) is 0. The number of hydrogen-bond donors (Lipinski definition) is 0. The molecule has 238 valence electrons. The summed E-state index contributed by atoms with van der Waals surface area (Å²) in [7, 11) is 0. The fourth-order valence-electron chi connectivity index (χ4n) is 6.45. The molecule has 3 aromatic heterocycles. The Balaban J connectivity index is 0.00000401. The van der Waals surface area contributed by atoms with Crippen LogP contribution >= 0.6 is 22.6 Å². The van der Waals surface area contributed by atoms with E-state index in [1.54, 1.807) is 0 Å². The Morgan fingerprint density at radius 3 is 1.69 bits per heavy atom. The molecule has 0 spiro atoms. The Hall–Kier alpha value is -3.35. The van der Waals surface area contributed by atoms with Gasteiger partial charge in [0.05, 0.1) is 11.4 Å². The topological polar surface area (TPSA) is 54.0 Å². The molecule has 5 aromatic rings. The van der Waals surface area contributed by atoms with Crippen LogP contribution in [0.5, 0.6) is 0 Å². The zero-order valence-corrected chi connectivity index (χ0v) is 34.4. The van der Waals surface area contributed by atoms with E-state index < -0.39 is 0 Å². The second kappa shape index (κ2) is 12.5. The predicted octanol–water partition coefficient (Wildman–Crippen LogP) is 10.8. The van der Waals surface area contributed by atoms with Gasteiger partial charge in [-0.3, -0.25) is 4.98 Å². The van der Waals surface area contributed by atoms with Crippen molar-refractivity contribution in [3.8, 4) is 22.3 Å². The molecule has 0 fully saturated rings. The molecule has 7 rings (SSSR count). The first-order chi connectivity index (χ1) is 22.1. The van der Waals surface area contributed by atoms with E-state index >= 15 is 0 Å². The minimum atomic E-state index is -0.107. The monoisotopic (exact) mass is 792 g/mol. The average Bonchev–Trinajstić information content (AvgIpc) is 3.79. The molecule has 6 heteroatoms. The van der Waals surface area contributed by atoms with Gasteiger partial charge in [-0.25, -0.2) is 4.98 Å². The summed E-state index contributed by atoms with van der Waals surface area (Å²) in [5.41, 5.74) is 14.2. The number of rotatable bonds is 2. The van der Waals surface area contributed by atoms with Gasteiger partial charge in [0.25, 0.3) is 0 Å². The standard InChI is InChI=1S/C42H41IN4.Zn/c1-40(2,3)27-19-26(20-28(21-27)41(4,5)6)39-34-16-14-31(45-34)23-37-42(7,8)24-32(46-37)22-30-13-15-33(44-30)38(35-17-18-36(39)47-35)25-9-11-29(43)12-10-25;/h9-23H,24H2,1-8H3;/q-2;+2. The summed E-state index contributed by atoms with van der Waals surface area (Å²) in [4.78, 5) is 20.9. The van der Waals surface area contributed by atoms with Crippen LogP contribution in [0.15, 0.2) is 78.9 Å². The van der Waals surface area contributed by atoms with Crippen molar-refractivity contribution in [3.63, 3.8) is 0 Å². The molecule has 0 saturated heterocycles. The Bertz CT molecular complexity index is 2190. The van der Waals surface area contributed by atoms with E-state index in [1.165, 1.54) is 14.7 Å². The molecule has 0 atom stereocenters. The maximum absolute atomic E-state index is 5.39. The van der Waals surface area contributed by atoms with Crippen molar-refractivity contribution in [2.24, 2.45) is 0 Å². The van der Waals surface area contributed by atoms with E-state index in [2.05, 4.69) is 169 Å². The van der Waals surface area contributed by atoms with Crippen molar-refractivity contribution < 1.29 is 19.5 Å². The quantitative estimate of drug-likeness (QED) is 0.129. The van der Waals surface area contributed by atoms with E-state index in [9.17, 15) is 0 Å². The summed E-state index contributed by atoms with van der Waals surface area (Å²) >= 11 is 2.36. The number of benzene rings is 2. The van der Waals surface area contributed by atoms with Gasteiger partial charge in [0.1, 0.15) is 0 Å². The number of halogens is 1. The number of hydrogen-bond acceptors (Lipinski definition) is 2. The minimum absolute atomic E-state index is 0. The van der Waals surface area contributed by atoms with Crippen LogP contribution in [-0.2, 0) is 42.1 Å². The van der Waals surface area contributed by atoms with Crippen molar-refractivity contribution in [1.82, 2.24) is 19.9 Å². The van der Waals surface area contributed by atoms with Crippen molar-refractivity contribution in [3.05, 3.63) is 116 Å². The Labute approximate surface area is 310 Å². The fraction of sp³-hybridized carbons (Fsp3) is 0.286. The molecule has 0 aliphatic carbocycles. The van der Waals surface area contributed by atoms with Crippen LogP contribution in [0.3, 0.4) is 0 Å². The first-order valence-electron chi connectivity index (χ1n) is 16.4. The molecule has 8 bridgehead atoms. The van der Waals surface area contributed by atoms with E-state index in [1.807, 2.05) is 0 Å². The largest absolute Gasteiger partial charge is 2.00 e. The third-order valence-electron chi connectivity index (χ3n) is 9.25. The van der Waals surface area contributed by atoms with Crippen molar-refractivity contribution in [1.29, 1.82) is 0 Å². The fourth-order valence-corrected chi connectivity index (χ4v) is 6.81. The van der Waals surface area contributed by atoms with E-state index in [0.29, 0.717) is 0 Å². The summed E-state index contributed by atoms with van der Waals surface area (Å²) < 4.78 is 1.19. The zero-order chi connectivity index (χ0) is 33.3. The average molecular weight is 794 g/mol. The molecule has 0 N–H and O–H groups in total. The normalized spacial score (nSPS) is 14.2. The summed E-state index contributed by atoms with van der Waals surface area (Å²) in [6.07, 6.45) is 5.13. The van der Waals surface area contributed by atoms with Crippen LogP contribution < -0.4 is 9.97 Å². The van der Waals surface area contributed by atoms with Gasteiger partial charge in [0, 0.05) is 26.8 Å². The van der Waals surface area contributed by atoms with Gasteiger partial charge in [-0.2, -0.15) is 0 Å². The second-order valence-corrected chi connectivity index (χ2v) is 16.9. The molecule has 2 aliphatic heterocycles. The maximum atomic E-state index is 5.39. The van der Waals surface area contributed by atoms with Crippen LogP contribution in [0.25, 0.3) is 56.5 Å². The summed E-state index contributed by atoms with van der Waals surface area (Å²) in [5, 5.41) is 0. The molecule has 5 heterocycles. The van der Waals surface area contributed by atoms with Crippen LogP contribution in [0.2, 0.25) is 0 Å². The molecule has 4 nitrogen and oxygen atoms in total. The van der Waals surface area contributed by atoms with E-state index in [0.717, 1.165) is 73.5 Å². The molecule has 0 radical (unpaired) electrons. The maximum Gasteiger partial charge on any atom is 2.00 e. The third kappa shape index (κ3) is 6.76. The van der Waals surface area contributed by atoms with Crippen molar-refractivity contribution in [2.45, 2.75) is 78.1 Å². The number of nitrogens with zero attached hydrogens (tertiary/aromatic N) is 4. The summed E-state index contributed by atoms with van der Waals surface area (Å²) in [6, 6.07) is 28.4. The Kier molecular flexibility index (Phi) is 9.00. The zero-order valence-electron chi connectivity index (χ0n) is 29.2. The van der Waals surface area contributed by atoms with Gasteiger partial charge in [-0.1, -0.05) is 122 Å². The summed E-state index contributed by atoms with van der Waals surface area (Å²) in [6.45, 7) is 18.2. The first kappa shape index (κ1) is 34.5. The molecule has 0 unspecified atom stereocenters. The smallest absolute Gasteiger partial charge is 0.657 e. The Morgan fingerprint density at radius 2 is 1.15 bits per heavy atom. The van der Waals surface area contributed by atoms with Gasteiger partial charge in [-0.05, 0) is 91.1 Å². The van der Waals surface area contributed by atoms with Gasteiger partial charge in [0.15, 0.2) is 0 Å². The third-order valence-corrected chi connectivity index (χ3v) is 9.97. The molecular formula is C42H41IN4Zn. The van der Waals surface area contributed by atoms with Gasteiger partial charge in [0.2, 0.25) is 0 Å². The second-order valence-electron chi connectivity index (χ2n) is 15.6. The molecule has 2 aromatic carbocycles. The van der Waals surface area contributed by atoms with Gasteiger partial charge >= 0.3 is 19.5 Å². The SMILES string of the molecule is CC(C)(C)c1cc(-c2c3nc(c(-c4ccc(I)cc4)c4ccc(cc5nc(cc6ccc2[n-]6)C(C)(C)C5)[n-]4)C=C3)cc(C(C)(C)C)c1.[Zn+2]. The number of aromatic nitrogens is 4. The van der Waals surface area contributed by atoms with Crippen molar-refractivity contribution >= 4 is 56.8 Å². The molecular weight excluding hydrogens is 753 g/mol. The minimum Gasteiger partial charge on any atom is -0.657 e. The van der Waals surface area contributed by atoms with Crippen LogP contribution in [0.1, 0.15) is 89.3 Å². The van der Waals surface area contributed by atoms with Gasteiger partial charge in [-0.15, -0.1) is 22.1 Å². The first-order valence-corrected chi connectivity index (χ1v) is 17.5. The van der Waals surface area contributed by atoms with Crippen LogP contribution in [0.4, 0.5) is 0 Å². The molecule has 0 saturated carbocycles. The predicted molar refractivity (Wildman–Crippen MR) is 206 cm³/mol. The van der Waals surface area contributed by atoms with Gasteiger partial charge < -0.3 is 9.97 Å². The van der Waals surface area contributed by atoms with E-state index in [4.69, 9.17) is 19.9 Å². The molecule has 2 aliphatic rings. The van der Waals surface area contributed by atoms with Crippen LogP contribution in [-0.4, -0.2) is 9.97 Å². The van der Waals surface area contributed by atoms with E-state index in [-0.39, 0.29) is 35.7 Å².